The van der Waals surface area contributed by atoms with Crippen molar-refractivity contribution in [3.05, 3.63) is 63.8 Å². The van der Waals surface area contributed by atoms with Crippen molar-refractivity contribution in [1.29, 1.82) is 0 Å². The van der Waals surface area contributed by atoms with E-state index in [1.165, 1.54) is 11.3 Å². The monoisotopic (exact) mass is 447 g/mol. The minimum Gasteiger partial charge on any atom is -0.490 e. The Labute approximate surface area is 189 Å². The summed E-state index contributed by atoms with van der Waals surface area (Å²) in [5, 5.41) is 12.8. The normalized spacial score (nSPS) is 14.8. The molecule has 1 aliphatic heterocycles. The second-order valence-electron chi connectivity index (χ2n) is 7.15. The molecule has 1 aromatic heterocycles. The zero-order valence-corrected chi connectivity index (χ0v) is 18.2. The molecule has 1 atom stereocenters. The van der Waals surface area contributed by atoms with Crippen LogP contribution in [-0.2, 0) is 4.79 Å². The second kappa shape index (κ2) is 9.16. The van der Waals surface area contributed by atoms with Gasteiger partial charge in [-0.2, -0.15) is 0 Å². The minimum absolute atomic E-state index is 0.114. The van der Waals surface area contributed by atoms with Crippen LogP contribution < -0.4 is 14.8 Å². The molecule has 7 heteroatoms. The number of rotatable bonds is 7. The molecule has 1 amide bonds. The van der Waals surface area contributed by atoms with Gasteiger partial charge in [0, 0.05) is 22.8 Å². The van der Waals surface area contributed by atoms with Crippen LogP contribution in [0.5, 0.6) is 11.5 Å². The molecule has 0 saturated carbocycles. The van der Waals surface area contributed by atoms with Crippen molar-refractivity contribution < 1.29 is 24.2 Å². The predicted octanol–water partition coefficient (Wildman–Crippen LogP) is 5.00. The number of ether oxygens (including phenoxy) is 2. The quantitative estimate of drug-likeness (QED) is 0.498. The molecule has 3 aromatic rings. The number of aromatic carboxylic acids is 1. The molecule has 4 rings (SSSR count). The van der Waals surface area contributed by atoms with E-state index in [0.717, 1.165) is 16.0 Å². The van der Waals surface area contributed by atoms with Gasteiger partial charge in [0.2, 0.25) is 5.91 Å². The molecule has 32 heavy (non-hydrogen) atoms. The number of anilines is 1. The van der Waals surface area contributed by atoms with Crippen LogP contribution in [-0.4, -0.2) is 30.2 Å². The van der Waals surface area contributed by atoms with Crippen LogP contribution in [0.25, 0.3) is 11.1 Å². The lowest BCUT2D eigenvalue weighted by Crippen LogP contribution is -2.22. The summed E-state index contributed by atoms with van der Waals surface area (Å²) in [5.41, 5.74) is 2.69. The van der Waals surface area contributed by atoms with Crippen LogP contribution in [0.1, 0.15) is 39.4 Å². The largest absolute Gasteiger partial charge is 0.490 e. The molecule has 0 bridgehead atoms. The Bertz CT molecular complexity index is 1210. The molecule has 0 unspecified atom stereocenters. The van der Waals surface area contributed by atoms with Crippen molar-refractivity contribution in [2.45, 2.75) is 19.3 Å². The van der Waals surface area contributed by atoms with Crippen LogP contribution in [0.2, 0.25) is 0 Å². The minimum atomic E-state index is -1.02. The Hall–Kier alpha value is -3.76. The highest BCUT2D eigenvalue weighted by atomic mass is 32.1. The number of carboxylic acids is 1. The Morgan fingerprint density at radius 1 is 1.22 bits per heavy atom. The molecule has 0 spiro atoms. The third-order valence-electron chi connectivity index (χ3n) is 5.14. The number of thiophene rings is 1. The van der Waals surface area contributed by atoms with Crippen LogP contribution in [0.4, 0.5) is 5.69 Å². The van der Waals surface area contributed by atoms with E-state index in [2.05, 4.69) is 11.2 Å². The number of terminal acetylenes is 1. The summed E-state index contributed by atoms with van der Waals surface area (Å²) in [5.74, 6) is 1.99. The van der Waals surface area contributed by atoms with Crippen molar-refractivity contribution in [2.24, 2.45) is 0 Å². The predicted molar refractivity (Wildman–Crippen MR) is 124 cm³/mol. The molecule has 2 heterocycles. The second-order valence-corrected chi connectivity index (χ2v) is 8.21. The first kappa shape index (κ1) is 21.5. The topological polar surface area (TPSA) is 84.9 Å². The van der Waals surface area contributed by atoms with E-state index in [9.17, 15) is 14.7 Å². The summed E-state index contributed by atoms with van der Waals surface area (Å²) >= 11 is 1.19. The van der Waals surface area contributed by atoms with Gasteiger partial charge in [-0.3, -0.25) is 4.79 Å². The SMILES string of the molecule is C#CCOc1ccc([C@H]2CC(=O)Nc3c2sc(C(=O)O)c3-c2ccccc2)cc1OCC. The molecule has 1 aliphatic rings. The Balaban J connectivity index is 1.84. The van der Waals surface area contributed by atoms with E-state index < -0.39 is 5.97 Å². The van der Waals surface area contributed by atoms with Crippen LogP contribution >= 0.6 is 11.3 Å². The lowest BCUT2D eigenvalue weighted by molar-refractivity contribution is -0.116. The third kappa shape index (κ3) is 4.05. The first-order chi connectivity index (χ1) is 15.5. The number of hydrogen-bond acceptors (Lipinski definition) is 5. The molecule has 0 radical (unpaired) electrons. The van der Waals surface area contributed by atoms with E-state index >= 15 is 0 Å². The Kier molecular flexibility index (Phi) is 6.15. The van der Waals surface area contributed by atoms with Gasteiger partial charge in [0.25, 0.3) is 0 Å². The maximum absolute atomic E-state index is 12.7. The molecular formula is C25H21NO5S. The molecule has 0 saturated heterocycles. The van der Waals surface area contributed by atoms with Crippen molar-refractivity contribution in [3.63, 3.8) is 0 Å². The van der Waals surface area contributed by atoms with E-state index in [1.807, 2.05) is 49.4 Å². The van der Waals surface area contributed by atoms with Crippen molar-refractivity contribution in [2.75, 3.05) is 18.5 Å². The average Bonchev–Trinajstić information content (AvgIpc) is 3.18. The summed E-state index contributed by atoms with van der Waals surface area (Å²) in [7, 11) is 0. The lowest BCUT2D eigenvalue weighted by Gasteiger charge is -2.24. The number of benzene rings is 2. The summed E-state index contributed by atoms with van der Waals surface area (Å²) in [6.45, 7) is 2.42. The molecule has 2 N–H and O–H groups in total. The summed E-state index contributed by atoms with van der Waals surface area (Å²) in [4.78, 5) is 25.7. The zero-order chi connectivity index (χ0) is 22.7. The standard InChI is InChI=1S/C25H21NO5S/c1-3-12-31-18-11-10-16(13-19(18)30-4-2)17-14-20(27)26-22-21(15-8-6-5-7-9-15)24(25(28)29)32-23(17)22/h1,5-11,13,17H,4,12,14H2,2H3,(H,26,27)(H,28,29)/t17-/m1/s1. The highest BCUT2D eigenvalue weighted by molar-refractivity contribution is 7.15. The first-order valence-electron chi connectivity index (χ1n) is 10.1. The van der Waals surface area contributed by atoms with Gasteiger partial charge in [0.1, 0.15) is 11.5 Å². The fourth-order valence-electron chi connectivity index (χ4n) is 3.84. The van der Waals surface area contributed by atoms with Gasteiger partial charge in [-0.15, -0.1) is 17.8 Å². The van der Waals surface area contributed by atoms with E-state index in [-0.39, 0.29) is 29.7 Å². The molecule has 0 aliphatic carbocycles. The van der Waals surface area contributed by atoms with E-state index in [0.29, 0.717) is 29.4 Å². The van der Waals surface area contributed by atoms with Crippen molar-refractivity contribution in [1.82, 2.24) is 0 Å². The Morgan fingerprint density at radius 2 is 2.00 bits per heavy atom. The van der Waals surface area contributed by atoms with Crippen molar-refractivity contribution in [3.8, 4) is 35.0 Å². The third-order valence-corrected chi connectivity index (χ3v) is 6.44. The first-order valence-corrected chi connectivity index (χ1v) is 10.9. The maximum atomic E-state index is 12.7. The number of hydrogen-bond donors (Lipinski definition) is 2. The number of carboxylic acid groups (broad SMARTS) is 1. The molecule has 162 valence electrons. The van der Waals surface area contributed by atoms with Gasteiger partial charge >= 0.3 is 5.97 Å². The zero-order valence-electron chi connectivity index (χ0n) is 17.4. The van der Waals surface area contributed by atoms with Crippen LogP contribution in [0.15, 0.2) is 48.5 Å². The number of fused-ring (bicyclic) bond motifs is 1. The highest BCUT2D eigenvalue weighted by Gasteiger charge is 2.34. The average molecular weight is 448 g/mol. The summed E-state index contributed by atoms with van der Waals surface area (Å²) in [6, 6.07) is 14.7. The maximum Gasteiger partial charge on any atom is 0.346 e. The fraction of sp³-hybridized carbons (Fsp3) is 0.200. The highest BCUT2D eigenvalue weighted by Crippen LogP contribution is 2.50. The molecule has 6 nitrogen and oxygen atoms in total. The van der Waals surface area contributed by atoms with Gasteiger partial charge in [-0.05, 0) is 30.2 Å². The van der Waals surface area contributed by atoms with E-state index in [1.54, 1.807) is 6.07 Å². The molecule has 2 aromatic carbocycles. The van der Waals surface area contributed by atoms with Gasteiger partial charge in [0.15, 0.2) is 11.5 Å². The fourth-order valence-corrected chi connectivity index (χ4v) is 5.08. The van der Waals surface area contributed by atoms with Gasteiger partial charge in [-0.1, -0.05) is 42.3 Å². The van der Waals surface area contributed by atoms with Crippen LogP contribution in [0, 0.1) is 12.3 Å². The van der Waals surface area contributed by atoms with Gasteiger partial charge in [-0.25, -0.2) is 4.79 Å². The summed E-state index contributed by atoms with van der Waals surface area (Å²) < 4.78 is 11.3. The smallest absolute Gasteiger partial charge is 0.346 e. The van der Waals surface area contributed by atoms with Crippen LogP contribution in [0.3, 0.4) is 0 Å². The number of amides is 1. The van der Waals surface area contributed by atoms with E-state index in [4.69, 9.17) is 15.9 Å². The lowest BCUT2D eigenvalue weighted by atomic mass is 9.88. The van der Waals surface area contributed by atoms with Gasteiger partial charge < -0.3 is 19.9 Å². The number of carbonyl (C=O) groups excluding carboxylic acids is 1. The molecule has 0 fully saturated rings. The molecular weight excluding hydrogens is 426 g/mol. The summed E-state index contributed by atoms with van der Waals surface area (Å²) in [6.07, 6.45) is 5.50. The number of nitrogens with one attached hydrogen (secondary N) is 1. The van der Waals surface area contributed by atoms with Crippen molar-refractivity contribution >= 4 is 28.9 Å². The Morgan fingerprint density at radius 3 is 2.69 bits per heavy atom. The van der Waals surface area contributed by atoms with Gasteiger partial charge in [0.05, 0.1) is 12.3 Å². The number of carbonyl (C=O) groups is 2.